The quantitative estimate of drug-likeness (QED) is 0.846. The average Bonchev–Trinajstić information content (AvgIpc) is 2.48. The molecule has 2 rings (SSSR count). The van der Waals surface area contributed by atoms with Gasteiger partial charge >= 0.3 is 0 Å². The average molecular weight is 264 g/mol. The fourth-order valence-corrected chi connectivity index (χ4v) is 2.14. The maximum atomic E-state index is 13.9. The molecule has 102 valence electrons. The van der Waals surface area contributed by atoms with E-state index in [9.17, 15) is 14.0 Å². The number of likely N-dealkylation sites (tertiary alicyclic amines) is 1. The Morgan fingerprint density at radius 2 is 1.74 bits per heavy atom. The number of amides is 2. The lowest BCUT2D eigenvalue weighted by Crippen LogP contribution is -2.47. The van der Waals surface area contributed by atoms with Gasteiger partial charge in [-0.3, -0.25) is 19.8 Å². The van der Waals surface area contributed by atoms with Crippen molar-refractivity contribution in [2.75, 3.05) is 13.1 Å². The topological polar surface area (TPSA) is 49.4 Å². The van der Waals surface area contributed by atoms with Crippen LogP contribution in [-0.4, -0.2) is 36.1 Å². The molecule has 4 nitrogen and oxygen atoms in total. The Kier molecular flexibility index (Phi) is 4.63. The summed E-state index contributed by atoms with van der Waals surface area (Å²) in [5, 5.41) is 2.10. The van der Waals surface area contributed by atoms with Crippen LogP contribution in [0.4, 0.5) is 4.39 Å². The second-order valence-corrected chi connectivity index (χ2v) is 4.62. The Hall–Kier alpha value is -1.75. The smallest absolute Gasteiger partial charge is 0.276 e. The predicted octanol–water partition coefficient (Wildman–Crippen LogP) is 1.72. The van der Waals surface area contributed by atoms with E-state index < -0.39 is 18.1 Å². The van der Waals surface area contributed by atoms with Crippen molar-refractivity contribution < 1.29 is 14.0 Å². The highest BCUT2D eigenvalue weighted by Crippen LogP contribution is 2.13. The number of carbonyl (C=O) groups is 2. The number of nitrogens with one attached hydrogen (secondary N) is 1. The molecule has 1 N–H and O–H groups in total. The van der Waals surface area contributed by atoms with Crippen molar-refractivity contribution in [1.29, 1.82) is 0 Å². The third kappa shape index (κ3) is 3.61. The standard InChI is InChI=1S/C14H17FN2O2/c15-12(17-9-5-2-6-10-17)14(19)16-13(18)11-7-3-1-4-8-11/h1,3-4,7-8,12H,2,5-6,9-10H2,(H,16,18,19). The fraction of sp³-hybridized carbons (Fsp3) is 0.429. The van der Waals surface area contributed by atoms with E-state index in [1.54, 1.807) is 30.3 Å². The largest absolute Gasteiger partial charge is 0.289 e. The lowest BCUT2D eigenvalue weighted by molar-refractivity contribution is -0.132. The molecule has 0 radical (unpaired) electrons. The van der Waals surface area contributed by atoms with Gasteiger partial charge in [0.15, 0.2) is 0 Å². The van der Waals surface area contributed by atoms with Gasteiger partial charge in [0.25, 0.3) is 11.8 Å². The van der Waals surface area contributed by atoms with Gasteiger partial charge in [-0.2, -0.15) is 0 Å². The van der Waals surface area contributed by atoms with Crippen molar-refractivity contribution >= 4 is 11.8 Å². The molecule has 1 aromatic carbocycles. The molecule has 5 heteroatoms. The number of benzene rings is 1. The summed E-state index contributed by atoms with van der Waals surface area (Å²) in [6.45, 7) is 1.13. The minimum absolute atomic E-state index is 0.349. The molecule has 19 heavy (non-hydrogen) atoms. The van der Waals surface area contributed by atoms with Crippen molar-refractivity contribution in [3.05, 3.63) is 35.9 Å². The van der Waals surface area contributed by atoms with Crippen LogP contribution in [0.1, 0.15) is 29.6 Å². The van der Waals surface area contributed by atoms with Crippen molar-refractivity contribution in [2.45, 2.75) is 25.6 Å². The van der Waals surface area contributed by atoms with Gasteiger partial charge in [-0.15, -0.1) is 0 Å². The van der Waals surface area contributed by atoms with Gasteiger partial charge in [-0.25, -0.2) is 4.39 Å². The van der Waals surface area contributed by atoms with Crippen LogP contribution in [0, 0.1) is 0 Å². The molecule has 1 aliphatic heterocycles. The highest BCUT2D eigenvalue weighted by Gasteiger charge is 2.27. The summed E-state index contributed by atoms with van der Waals surface area (Å²) in [4.78, 5) is 24.9. The molecule has 1 fully saturated rings. The molecule has 1 unspecified atom stereocenters. The Labute approximate surface area is 111 Å². The normalized spacial score (nSPS) is 17.7. The van der Waals surface area contributed by atoms with Gasteiger partial charge in [0.05, 0.1) is 0 Å². The number of nitrogens with zero attached hydrogens (tertiary/aromatic N) is 1. The lowest BCUT2D eigenvalue weighted by atomic mass is 10.1. The fourth-order valence-electron chi connectivity index (χ4n) is 2.14. The first-order valence-electron chi connectivity index (χ1n) is 6.47. The number of hydrogen-bond donors (Lipinski definition) is 1. The molecule has 1 atom stereocenters. The molecule has 2 amide bonds. The van der Waals surface area contributed by atoms with E-state index in [1.165, 1.54) is 4.90 Å². The summed E-state index contributed by atoms with van der Waals surface area (Å²) in [5.41, 5.74) is 0.349. The maximum absolute atomic E-state index is 13.9. The van der Waals surface area contributed by atoms with Gasteiger partial charge in [0.2, 0.25) is 6.30 Å². The second-order valence-electron chi connectivity index (χ2n) is 4.62. The SMILES string of the molecule is O=C(NC(=O)C(F)N1CCCCC1)c1ccccc1. The van der Waals surface area contributed by atoms with Gasteiger partial charge in [0, 0.05) is 18.7 Å². The first-order valence-corrected chi connectivity index (χ1v) is 6.47. The van der Waals surface area contributed by atoms with Crippen LogP contribution >= 0.6 is 0 Å². The van der Waals surface area contributed by atoms with E-state index in [0.717, 1.165) is 19.3 Å². The minimum Gasteiger partial charge on any atom is -0.289 e. The zero-order valence-corrected chi connectivity index (χ0v) is 10.6. The lowest BCUT2D eigenvalue weighted by Gasteiger charge is -2.28. The molecule has 1 heterocycles. The summed E-state index contributed by atoms with van der Waals surface area (Å²) in [5.74, 6) is -1.44. The zero-order valence-electron chi connectivity index (χ0n) is 10.6. The van der Waals surface area contributed by atoms with E-state index in [0.29, 0.717) is 18.7 Å². The first-order chi connectivity index (χ1) is 9.18. The van der Waals surface area contributed by atoms with Crippen molar-refractivity contribution in [3.63, 3.8) is 0 Å². The number of halogens is 1. The summed E-state index contributed by atoms with van der Waals surface area (Å²) in [6.07, 6.45) is 1.10. The summed E-state index contributed by atoms with van der Waals surface area (Å²) >= 11 is 0. The molecular weight excluding hydrogens is 247 g/mol. The molecule has 0 aromatic heterocycles. The molecule has 0 bridgehead atoms. The minimum atomic E-state index is -1.74. The third-order valence-corrected chi connectivity index (χ3v) is 3.20. The van der Waals surface area contributed by atoms with Crippen molar-refractivity contribution in [3.8, 4) is 0 Å². The van der Waals surface area contributed by atoms with Gasteiger partial charge in [-0.1, -0.05) is 24.6 Å². The first kappa shape index (κ1) is 13.7. The van der Waals surface area contributed by atoms with Gasteiger partial charge in [-0.05, 0) is 25.0 Å². The molecule has 1 aliphatic rings. The Balaban J connectivity index is 1.91. The van der Waals surface area contributed by atoms with Crippen LogP contribution in [-0.2, 0) is 4.79 Å². The van der Waals surface area contributed by atoms with Gasteiger partial charge < -0.3 is 0 Å². The number of alkyl halides is 1. The van der Waals surface area contributed by atoms with E-state index >= 15 is 0 Å². The van der Waals surface area contributed by atoms with Crippen LogP contribution in [0.3, 0.4) is 0 Å². The van der Waals surface area contributed by atoms with Crippen molar-refractivity contribution in [2.24, 2.45) is 0 Å². The molecular formula is C14H17FN2O2. The maximum Gasteiger partial charge on any atom is 0.276 e. The number of carbonyl (C=O) groups excluding carboxylic acids is 2. The number of imide groups is 1. The highest BCUT2D eigenvalue weighted by atomic mass is 19.1. The van der Waals surface area contributed by atoms with Crippen LogP contribution in [0.2, 0.25) is 0 Å². The van der Waals surface area contributed by atoms with Crippen molar-refractivity contribution in [1.82, 2.24) is 10.2 Å². The van der Waals surface area contributed by atoms with Gasteiger partial charge in [0.1, 0.15) is 0 Å². The number of piperidine rings is 1. The Bertz CT molecular complexity index is 444. The van der Waals surface area contributed by atoms with E-state index in [4.69, 9.17) is 0 Å². The van der Waals surface area contributed by atoms with E-state index in [-0.39, 0.29) is 0 Å². The highest BCUT2D eigenvalue weighted by molar-refractivity contribution is 6.05. The molecule has 0 saturated carbocycles. The summed E-state index contributed by atoms with van der Waals surface area (Å²) in [7, 11) is 0. The van der Waals surface area contributed by atoms with E-state index in [2.05, 4.69) is 5.32 Å². The molecule has 1 aromatic rings. The monoisotopic (exact) mass is 264 g/mol. The second kappa shape index (κ2) is 6.43. The number of rotatable bonds is 3. The number of hydrogen-bond acceptors (Lipinski definition) is 3. The summed E-state index contributed by atoms with van der Waals surface area (Å²) < 4.78 is 13.9. The van der Waals surface area contributed by atoms with Crippen LogP contribution in [0.25, 0.3) is 0 Å². The van der Waals surface area contributed by atoms with Crippen LogP contribution in [0.15, 0.2) is 30.3 Å². The molecule has 0 aliphatic carbocycles. The third-order valence-electron chi connectivity index (χ3n) is 3.20. The molecule has 1 saturated heterocycles. The summed E-state index contributed by atoms with van der Waals surface area (Å²) in [6, 6.07) is 8.31. The Morgan fingerprint density at radius 1 is 1.11 bits per heavy atom. The predicted molar refractivity (Wildman–Crippen MR) is 69.2 cm³/mol. The van der Waals surface area contributed by atoms with E-state index in [1.807, 2.05) is 0 Å². The molecule has 0 spiro atoms. The zero-order chi connectivity index (χ0) is 13.7. The van der Waals surface area contributed by atoms with Crippen LogP contribution < -0.4 is 5.32 Å². The Morgan fingerprint density at radius 3 is 2.37 bits per heavy atom. The van der Waals surface area contributed by atoms with Crippen LogP contribution in [0.5, 0.6) is 0 Å².